The molecule has 0 aromatic heterocycles. The summed E-state index contributed by atoms with van der Waals surface area (Å²) in [5.74, 6) is -2.46. The summed E-state index contributed by atoms with van der Waals surface area (Å²) in [4.78, 5) is 27.2. The van der Waals surface area contributed by atoms with E-state index in [-0.39, 0.29) is 74.7 Å². The molecule has 252 valence electrons. The second-order valence-corrected chi connectivity index (χ2v) is 11.4. The normalized spacial score (nSPS) is 16.4. The molecule has 2 fully saturated rings. The van der Waals surface area contributed by atoms with Gasteiger partial charge in [0.25, 0.3) is 5.69 Å². The highest BCUT2D eigenvalue weighted by molar-refractivity contribution is 5.73. The lowest BCUT2D eigenvalue weighted by Gasteiger charge is -2.38. The summed E-state index contributed by atoms with van der Waals surface area (Å²) in [7, 11) is 0. The van der Waals surface area contributed by atoms with Gasteiger partial charge in [-0.1, -0.05) is 6.07 Å². The van der Waals surface area contributed by atoms with Crippen molar-refractivity contribution in [2.45, 2.75) is 31.7 Å². The van der Waals surface area contributed by atoms with Crippen molar-refractivity contribution in [2.24, 2.45) is 5.92 Å². The molecule has 0 atom stereocenters. The van der Waals surface area contributed by atoms with Gasteiger partial charge < -0.3 is 25.1 Å². The minimum absolute atomic E-state index is 0.0230. The Bertz CT molecular complexity index is 1630. The molecule has 5 rings (SSSR count). The van der Waals surface area contributed by atoms with Gasteiger partial charge >= 0.3 is 18.3 Å². The van der Waals surface area contributed by atoms with E-state index in [4.69, 9.17) is 0 Å². The molecule has 2 heterocycles. The van der Waals surface area contributed by atoms with Crippen molar-refractivity contribution >= 4 is 34.4 Å². The lowest BCUT2D eigenvalue weighted by atomic mass is 9.95. The number of nitrogens with one attached hydrogen (secondary N) is 1. The van der Waals surface area contributed by atoms with Crippen LogP contribution in [0.15, 0.2) is 54.6 Å². The van der Waals surface area contributed by atoms with Crippen molar-refractivity contribution in [3.63, 3.8) is 0 Å². The van der Waals surface area contributed by atoms with Crippen LogP contribution >= 0.6 is 0 Å². The van der Waals surface area contributed by atoms with Crippen LogP contribution in [0.5, 0.6) is 0 Å². The van der Waals surface area contributed by atoms with Crippen LogP contribution in [-0.2, 0) is 23.7 Å². The molecule has 0 aliphatic carbocycles. The third kappa shape index (κ3) is 7.46. The molecule has 0 saturated carbocycles. The molecule has 0 bridgehead atoms. The highest BCUT2D eigenvalue weighted by Gasteiger charge is 2.37. The first-order chi connectivity index (χ1) is 22.1. The van der Waals surface area contributed by atoms with Crippen LogP contribution in [0.1, 0.15) is 29.5 Å². The minimum atomic E-state index is -4.79. The number of carbonyl (C=O) groups is 1. The number of nitro benzene ring substituents is 1. The second kappa shape index (κ2) is 13.2. The number of halogens is 7. The lowest BCUT2D eigenvalue weighted by Crippen LogP contribution is -2.47. The van der Waals surface area contributed by atoms with Crippen molar-refractivity contribution in [3.05, 3.63) is 87.2 Å². The molecule has 0 spiro atoms. The molecule has 3 aromatic rings. The van der Waals surface area contributed by atoms with Crippen molar-refractivity contribution in [3.8, 4) is 0 Å². The van der Waals surface area contributed by atoms with Crippen LogP contribution in [0.2, 0.25) is 0 Å². The van der Waals surface area contributed by atoms with E-state index in [1.54, 1.807) is 4.90 Å². The summed E-state index contributed by atoms with van der Waals surface area (Å²) in [5, 5.41) is 23.9. The Balaban J connectivity index is 1.35. The molecule has 2 N–H and O–H groups in total. The lowest BCUT2D eigenvalue weighted by molar-refractivity contribution is -0.384. The molecule has 0 unspecified atom stereocenters. The maximum absolute atomic E-state index is 15.1. The van der Waals surface area contributed by atoms with Gasteiger partial charge in [-0.15, -0.1) is 0 Å². The van der Waals surface area contributed by atoms with Gasteiger partial charge in [-0.3, -0.25) is 14.9 Å². The molecular weight excluding hydrogens is 639 g/mol. The third-order valence-corrected chi connectivity index (χ3v) is 8.49. The van der Waals surface area contributed by atoms with E-state index in [2.05, 4.69) is 5.32 Å². The van der Waals surface area contributed by atoms with Crippen LogP contribution < -0.4 is 20.0 Å². The van der Waals surface area contributed by atoms with Crippen molar-refractivity contribution in [2.75, 3.05) is 59.3 Å². The third-order valence-electron chi connectivity index (χ3n) is 8.49. The van der Waals surface area contributed by atoms with Gasteiger partial charge in [-0.25, -0.2) is 4.39 Å². The van der Waals surface area contributed by atoms with Gasteiger partial charge in [0.2, 0.25) is 0 Å². The standard InChI is InChI=1S/C31H30F7N5O4/c32-25-5-7-27(43(46)47)28(42-10-8-19(9-11-42)29(44)45)23(25)18-39-21-4-6-26(24(17-21)31(36,37)38)41-14-12-40(13-15-41)22-3-1-2-20(16-22)30(33,34)35/h1-7,16-17,19,39H,8-15,18H2,(H,44,45). The average molecular weight is 670 g/mol. The SMILES string of the molecule is O=C(O)C1CCN(c2c([N+](=O)[O-])ccc(F)c2CNc2ccc(N3CCN(c4cccc(C(F)(F)F)c4)CC3)c(C(F)(F)F)c2)CC1. The van der Waals surface area contributed by atoms with Gasteiger partial charge in [0, 0.05) is 74.5 Å². The van der Waals surface area contributed by atoms with E-state index in [1.807, 2.05) is 0 Å². The van der Waals surface area contributed by atoms with Crippen LogP contribution in [0.4, 0.5) is 59.2 Å². The molecule has 47 heavy (non-hydrogen) atoms. The Morgan fingerprint density at radius 3 is 2.13 bits per heavy atom. The monoisotopic (exact) mass is 669 g/mol. The van der Waals surface area contributed by atoms with E-state index in [9.17, 15) is 46.4 Å². The summed E-state index contributed by atoms with van der Waals surface area (Å²) in [6.07, 6.45) is -8.96. The number of aliphatic carboxylic acids is 1. The zero-order valence-electron chi connectivity index (χ0n) is 24.7. The second-order valence-electron chi connectivity index (χ2n) is 11.4. The predicted molar refractivity (Wildman–Crippen MR) is 160 cm³/mol. The van der Waals surface area contributed by atoms with Gasteiger partial charge in [0.05, 0.1) is 22.0 Å². The Labute approximate surface area is 264 Å². The fourth-order valence-corrected chi connectivity index (χ4v) is 6.04. The molecule has 9 nitrogen and oxygen atoms in total. The molecule has 16 heteroatoms. The van der Waals surface area contributed by atoms with Crippen LogP contribution in [-0.4, -0.2) is 55.3 Å². The fourth-order valence-electron chi connectivity index (χ4n) is 6.04. The molecule has 0 amide bonds. The summed E-state index contributed by atoms with van der Waals surface area (Å²) in [6.45, 7) is 0.395. The van der Waals surface area contributed by atoms with Crippen LogP contribution in [0.25, 0.3) is 0 Å². The number of carboxylic acids is 1. The first kappa shape index (κ1) is 33.6. The largest absolute Gasteiger partial charge is 0.481 e. The highest BCUT2D eigenvalue weighted by Crippen LogP contribution is 2.41. The zero-order valence-corrected chi connectivity index (χ0v) is 24.7. The van der Waals surface area contributed by atoms with Crippen molar-refractivity contribution in [1.82, 2.24) is 0 Å². The summed E-state index contributed by atoms with van der Waals surface area (Å²) in [5.41, 5.74) is -2.25. The number of nitrogens with zero attached hydrogens (tertiary/aromatic N) is 4. The van der Waals surface area contributed by atoms with Crippen LogP contribution in [0.3, 0.4) is 0 Å². The molecule has 2 saturated heterocycles. The first-order valence-corrected chi connectivity index (χ1v) is 14.7. The fraction of sp³-hybridized carbons (Fsp3) is 0.387. The molecule has 0 radical (unpaired) electrons. The molecule has 2 aliphatic rings. The maximum atomic E-state index is 15.1. The van der Waals surface area contributed by atoms with E-state index in [1.165, 1.54) is 34.1 Å². The van der Waals surface area contributed by atoms with Crippen LogP contribution in [0, 0.1) is 21.8 Å². The van der Waals surface area contributed by atoms with Crippen molar-refractivity contribution < 1.29 is 45.6 Å². The quantitative estimate of drug-likeness (QED) is 0.150. The molecule has 2 aliphatic heterocycles. The minimum Gasteiger partial charge on any atom is -0.481 e. The number of benzene rings is 3. The van der Waals surface area contributed by atoms with Crippen molar-refractivity contribution in [1.29, 1.82) is 0 Å². The number of hydrogen-bond acceptors (Lipinski definition) is 7. The first-order valence-electron chi connectivity index (χ1n) is 14.7. The Hall–Kier alpha value is -4.76. The van der Waals surface area contributed by atoms with Gasteiger partial charge in [-0.2, -0.15) is 26.3 Å². The number of carboxylic acid groups (broad SMARTS) is 1. The molecular formula is C31H30F7N5O4. The highest BCUT2D eigenvalue weighted by atomic mass is 19.4. The maximum Gasteiger partial charge on any atom is 0.418 e. The average Bonchev–Trinajstić information content (AvgIpc) is 3.03. The summed E-state index contributed by atoms with van der Waals surface area (Å²) >= 11 is 0. The number of piperidine rings is 1. The summed E-state index contributed by atoms with van der Waals surface area (Å²) < 4.78 is 97.5. The summed E-state index contributed by atoms with van der Waals surface area (Å²) in [6, 6.07) is 10.1. The Morgan fingerprint density at radius 1 is 0.872 bits per heavy atom. The van der Waals surface area contributed by atoms with Gasteiger partial charge in [0.15, 0.2) is 0 Å². The number of piperazine rings is 1. The molecule has 3 aromatic carbocycles. The Morgan fingerprint density at radius 2 is 1.53 bits per heavy atom. The topological polar surface area (TPSA) is 102 Å². The predicted octanol–water partition coefficient (Wildman–Crippen LogP) is 7.01. The number of rotatable bonds is 8. The van der Waals surface area contributed by atoms with E-state index in [0.29, 0.717) is 5.69 Å². The number of hydrogen-bond donors (Lipinski definition) is 2. The number of alkyl halides is 6. The zero-order chi connectivity index (χ0) is 34.1. The van der Waals surface area contributed by atoms with E-state index in [0.717, 1.165) is 30.3 Å². The number of anilines is 4. The van der Waals surface area contributed by atoms with E-state index < -0.39 is 58.3 Å². The van der Waals surface area contributed by atoms with E-state index >= 15 is 4.39 Å². The number of nitro groups is 1. The Kier molecular flexibility index (Phi) is 9.41. The smallest absolute Gasteiger partial charge is 0.418 e. The van der Waals surface area contributed by atoms with Gasteiger partial charge in [0.1, 0.15) is 11.5 Å². The van der Waals surface area contributed by atoms with Gasteiger partial charge in [-0.05, 0) is 55.3 Å².